The molecule has 0 spiro atoms. The molecule has 0 aromatic carbocycles. The molecule has 4 atom stereocenters. The molecular weight excluding hydrogens is 312 g/mol. The van der Waals surface area contributed by atoms with Crippen LogP contribution in [0.15, 0.2) is 34.9 Å². The lowest BCUT2D eigenvalue weighted by molar-refractivity contribution is -0.159. The van der Waals surface area contributed by atoms with E-state index in [0.29, 0.717) is 18.3 Å². The summed E-state index contributed by atoms with van der Waals surface area (Å²) >= 11 is 0. The molecule has 130 valence electrons. The van der Waals surface area contributed by atoms with Crippen LogP contribution in [-0.4, -0.2) is 17.4 Å². The maximum Gasteiger partial charge on any atom is 0.304 e. The van der Waals surface area contributed by atoms with Crippen LogP contribution < -0.4 is 0 Å². The molecule has 0 aromatic rings. The van der Waals surface area contributed by atoms with E-state index in [9.17, 15) is 9.59 Å². The van der Waals surface area contributed by atoms with Gasteiger partial charge >= 0.3 is 5.97 Å². The largest absolute Gasteiger partial charge is 0.445 e. The molecule has 1 fully saturated rings. The van der Waals surface area contributed by atoms with Gasteiger partial charge in [0, 0.05) is 18.8 Å². The highest BCUT2D eigenvalue weighted by Crippen LogP contribution is 2.61. The fraction of sp³-hybridized carbons (Fsp3) is 0.545. The average molecular weight is 336 g/mol. The monoisotopic (exact) mass is 336 g/mol. The Balaban J connectivity index is 1.80. The van der Waals surface area contributed by atoms with Crippen molar-refractivity contribution in [2.75, 3.05) is 0 Å². The third-order valence-corrected chi connectivity index (χ3v) is 6.91. The molecule has 25 heavy (non-hydrogen) atoms. The van der Waals surface area contributed by atoms with Crippen molar-refractivity contribution in [3.63, 3.8) is 0 Å². The van der Waals surface area contributed by atoms with Crippen LogP contribution in [0.5, 0.6) is 0 Å². The quantitative estimate of drug-likeness (QED) is 0.539. The van der Waals surface area contributed by atoms with Crippen molar-refractivity contribution in [1.29, 1.82) is 0 Å². The van der Waals surface area contributed by atoms with Gasteiger partial charge in [-0.3, -0.25) is 9.59 Å². The van der Waals surface area contributed by atoms with Crippen LogP contribution in [0.25, 0.3) is 0 Å². The van der Waals surface area contributed by atoms with Gasteiger partial charge < -0.3 is 4.74 Å². The zero-order chi connectivity index (χ0) is 17.8. The first-order chi connectivity index (χ1) is 11.9. The van der Waals surface area contributed by atoms with E-state index >= 15 is 0 Å². The van der Waals surface area contributed by atoms with Gasteiger partial charge in [0.15, 0.2) is 11.4 Å². The molecule has 0 N–H and O–H groups in total. The van der Waals surface area contributed by atoms with Gasteiger partial charge in [0.05, 0.1) is 0 Å². The van der Waals surface area contributed by atoms with E-state index in [4.69, 9.17) is 11.2 Å². The summed E-state index contributed by atoms with van der Waals surface area (Å²) in [4.78, 5) is 23.4. The number of ketones is 1. The van der Waals surface area contributed by atoms with E-state index in [0.717, 1.165) is 32.1 Å². The van der Waals surface area contributed by atoms with Crippen LogP contribution in [0.1, 0.15) is 52.4 Å². The number of ether oxygens (including phenoxy) is 1. The first-order valence-electron chi connectivity index (χ1n) is 9.23. The number of esters is 1. The highest BCUT2D eigenvalue weighted by molar-refractivity contribution is 5.93. The highest BCUT2D eigenvalue weighted by atomic mass is 16.6. The summed E-state index contributed by atoms with van der Waals surface area (Å²) in [5.74, 6) is 3.61. The second-order valence-corrected chi connectivity index (χ2v) is 8.04. The van der Waals surface area contributed by atoms with E-state index in [1.54, 1.807) is 0 Å². The number of carbonyl (C=O) groups is 2. The number of hydrogen-bond donors (Lipinski definition) is 0. The number of hydrogen-bond acceptors (Lipinski definition) is 3. The van der Waals surface area contributed by atoms with E-state index in [1.165, 1.54) is 23.6 Å². The standard InChI is InChI=1S/C22H24O3/c1-4-22(25-14(2)23)12-10-20-19-7-5-15-13-16(24)6-8-17(15)18(19)9-11-21(20,22)3/h1,9,11,13,19-20H,5-8,10,12H2,2-3H3/t19?,20?,21-,22-/m0/s1. The Kier molecular flexibility index (Phi) is 3.58. The second kappa shape index (κ2) is 5.46. The third kappa shape index (κ3) is 2.20. The van der Waals surface area contributed by atoms with Gasteiger partial charge in [0.2, 0.25) is 0 Å². The molecule has 0 saturated heterocycles. The Morgan fingerprint density at radius 2 is 2.12 bits per heavy atom. The molecular formula is C22H24O3. The van der Waals surface area contributed by atoms with Crippen LogP contribution in [-0.2, 0) is 14.3 Å². The summed E-state index contributed by atoms with van der Waals surface area (Å²) in [5.41, 5.74) is 2.84. The zero-order valence-corrected chi connectivity index (χ0v) is 14.9. The fourth-order valence-corrected chi connectivity index (χ4v) is 5.68. The number of allylic oxidation sites excluding steroid dienone is 5. The molecule has 0 radical (unpaired) electrons. The van der Waals surface area contributed by atoms with Crippen molar-refractivity contribution in [3.8, 4) is 12.3 Å². The van der Waals surface area contributed by atoms with Gasteiger partial charge in [-0.15, -0.1) is 6.42 Å². The van der Waals surface area contributed by atoms with Gasteiger partial charge in [-0.05, 0) is 66.7 Å². The van der Waals surface area contributed by atoms with E-state index in [2.05, 4.69) is 25.0 Å². The number of terminal acetylenes is 1. The van der Waals surface area contributed by atoms with Crippen LogP contribution >= 0.6 is 0 Å². The lowest BCUT2D eigenvalue weighted by Gasteiger charge is -2.47. The molecule has 0 bridgehead atoms. The Bertz CT molecular complexity index is 791. The summed E-state index contributed by atoms with van der Waals surface area (Å²) in [6, 6.07) is 0. The zero-order valence-electron chi connectivity index (χ0n) is 14.9. The van der Waals surface area contributed by atoms with Crippen molar-refractivity contribution < 1.29 is 14.3 Å². The van der Waals surface area contributed by atoms with Gasteiger partial charge in [0.1, 0.15) is 0 Å². The fourth-order valence-electron chi connectivity index (χ4n) is 5.68. The summed E-state index contributed by atoms with van der Waals surface area (Å²) < 4.78 is 5.72. The number of fused-ring (bicyclic) bond motifs is 4. The molecule has 3 heteroatoms. The SMILES string of the molecule is C#C[C@]1(OC(C)=O)CCC2C3CCC4=CC(=O)CCC4=C3C=C[C@@]21C. The molecule has 0 aromatic heterocycles. The first-order valence-corrected chi connectivity index (χ1v) is 9.23. The molecule has 1 saturated carbocycles. The lowest BCUT2D eigenvalue weighted by Crippen LogP contribution is -2.49. The topological polar surface area (TPSA) is 43.4 Å². The average Bonchev–Trinajstić information content (AvgIpc) is 2.87. The molecule has 0 aliphatic heterocycles. The predicted molar refractivity (Wildman–Crippen MR) is 95.4 cm³/mol. The molecule has 4 rings (SSSR count). The lowest BCUT2D eigenvalue weighted by atomic mass is 9.58. The summed E-state index contributed by atoms with van der Waals surface area (Å²) in [5, 5.41) is 0. The van der Waals surface area contributed by atoms with Crippen LogP contribution in [0.4, 0.5) is 0 Å². The van der Waals surface area contributed by atoms with Crippen molar-refractivity contribution in [2.24, 2.45) is 17.3 Å². The Morgan fingerprint density at radius 1 is 1.32 bits per heavy atom. The van der Waals surface area contributed by atoms with Gasteiger partial charge in [-0.1, -0.05) is 25.0 Å². The Morgan fingerprint density at radius 3 is 2.84 bits per heavy atom. The molecule has 4 aliphatic rings. The van der Waals surface area contributed by atoms with Gasteiger partial charge in [-0.25, -0.2) is 0 Å². The van der Waals surface area contributed by atoms with Crippen LogP contribution in [0.2, 0.25) is 0 Å². The van der Waals surface area contributed by atoms with E-state index < -0.39 is 5.60 Å². The molecule has 0 heterocycles. The minimum Gasteiger partial charge on any atom is -0.445 e. The molecule has 4 aliphatic carbocycles. The summed E-state index contributed by atoms with van der Waals surface area (Å²) in [6.07, 6.45) is 17.3. The Labute approximate surface area is 149 Å². The van der Waals surface area contributed by atoms with Crippen molar-refractivity contribution in [2.45, 2.75) is 58.0 Å². The summed E-state index contributed by atoms with van der Waals surface area (Å²) in [6.45, 7) is 3.59. The van der Waals surface area contributed by atoms with Crippen molar-refractivity contribution in [3.05, 3.63) is 34.9 Å². The smallest absolute Gasteiger partial charge is 0.304 e. The number of rotatable bonds is 1. The van der Waals surface area contributed by atoms with Crippen molar-refractivity contribution >= 4 is 11.8 Å². The minimum atomic E-state index is -0.838. The molecule has 0 amide bonds. The molecule has 3 nitrogen and oxygen atoms in total. The number of carbonyl (C=O) groups excluding carboxylic acids is 2. The summed E-state index contributed by atoms with van der Waals surface area (Å²) in [7, 11) is 0. The van der Waals surface area contributed by atoms with Crippen LogP contribution in [0, 0.1) is 29.6 Å². The van der Waals surface area contributed by atoms with Crippen molar-refractivity contribution in [1.82, 2.24) is 0 Å². The van der Waals surface area contributed by atoms with E-state index in [-0.39, 0.29) is 17.2 Å². The van der Waals surface area contributed by atoms with Gasteiger partial charge in [0.25, 0.3) is 0 Å². The second-order valence-electron chi connectivity index (χ2n) is 8.04. The highest BCUT2D eigenvalue weighted by Gasteiger charge is 2.61. The first kappa shape index (κ1) is 16.4. The Hall–Kier alpha value is -2.08. The van der Waals surface area contributed by atoms with E-state index in [1.807, 2.05) is 6.08 Å². The van der Waals surface area contributed by atoms with Gasteiger partial charge in [-0.2, -0.15) is 0 Å². The molecule has 2 unspecified atom stereocenters. The normalized spacial score (nSPS) is 39.1. The maximum atomic E-state index is 11.8. The third-order valence-electron chi connectivity index (χ3n) is 6.91. The predicted octanol–water partition coefficient (Wildman–Crippen LogP) is 3.90. The maximum absolute atomic E-state index is 11.8. The van der Waals surface area contributed by atoms with Crippen LogP contribution in [0.3, 0.4) is 0 Å². The minimum absolute atomic E-state index is 0.254.